The van der Waals surface area contributed by atoms with Crippen LogP contribution in [-0.2, 0) is 0 Å². The largest absolute Gasteiger partial charge is 0.467 e. The second kappa shape index (κ2) is 6.19. The minimum Gasteiger partial charge on any atom is -0.467 e. The molecule has 0 bridgehead atoms. The Balaban J connectivity index is 1.97. The first-order chi connectivity index (χ1) is 10.2. The third kappa shape index (κ3) is 3.37. The second-order valence-electron chi connectivity index (χ2n) is 5.02. The van der Waals surface area contributed by atoms with Gasteiger partial charge >= 0.3 is 0 Å². The van der Waals surface area contributed by atoms with Crippen molar-refractivity contribution in [3.8, 4) is 0 Å². The maximum Gasteiger partial charge on any atom is 0.130 e. The average Bonchev–Trinajstić information content (AvgIpc) is 2.98. The van der Waals surface area contributed by atoms with Crippen molar-refractivity contribution in [1.82, 2.24) is 0 Å². The Labute approximate surface area is 132 Å². The molecule has 0 aliphatic heterocycles. The summed E-state index contributed by atoms with van der Waals surface area (Å²) >= 11 is 3.54. The molecule has 21 heavy (non-hydrogen) atoms. The van der Waals surface area contributed by atoms with E-state index in [4.69, 9.17) is 4.42 Å². The number of hydrogen-bond donors (Lipinski definition) is 1. The first-order valence-corrected chi connectivity index (χ1v) is 7.64. The summed E-state index contributed by atoms with van der Waals surface area (Å²) in [5.74, 6) is 0.902. The molecule has 0 aliphatic rings. The van der Waals surface area contributed by atoms with Crippen LogP contribution < -0.4 is 5.32 Å². The van der Waals surface area contributed by atoms with Gasteiger partial charge in [-0.05, 0) is 48.4 Å². The molecule has 0 aliphatic carbocycles. The SMILES string of the molecule is Cc1cc(Br)cc(NC(c2ccccc2)c2ccco2)c1. The van der Waals surface area contributed by atoms with E-state index in [1.54, 1.807) is 6.26 Å². The van der Waals surface area contributed by atoms with Gasteiger partial charge in [-0.25, -0.2) is 0 Å². The molecule has 2 nitrogen and oxygen atoms in total. The fraction of sp³-hybridized carbons (Fsp3) is 0.111. The number of anilines is 1. The summed E-state index contributed by atoms with van der Waals surface area (Å²) in [7, 11) is 0. The highest BCUT2D eigenvalue weighted by Gasteiger charge is 2.16. The topological polar surface area (TPSA) is 25.2 Å². The zero-order chi connectivity index (χ0) is 14.7. The average molecular weight is 342 g/mol. The third-order valence-corrected chi connectivity index (χ3v) is 3.77. The van der Waals surface area contributed by atoms with Crippen LogP contribution in [0, 0.1) is 6.92 Å². The number of hydrogen-bond acceptors (Lipinski definition) is 2. The maximum atomic E-state index is 5.61. The van der Waals surface area contributed by atoms with E-state index in [0.29, 0.717) is 0 Å². The normalized spacial score (nSPS) is 12.1. The van der Waals surface area contributed by atoms with Gasteiger partial charge in [0.25, 0.3) is 0 Å². The second-order valence-corrected chi connectivity index (χ2v) is 5.94. The van der Waals surface area contributed by atoms with Crippen LogP contribution >= 0.6 is 15.9 Å². The summed E-state index contributed by atoms with van der Waals surface area (Å²) in [4.78, 5) is 0. The summed E-state index contributed by atoms with van der Waals surface area (Å²) in [6.45, 7) is 2.08. The van der Waals surface area contributed by atoms with Gasteiger partial charge in [0, 0.05) is 10.2 Å². The molecule has 1 heterocycles. The molecule has 106 valence electrons. The quantitative estimate of drug-likeness (QED) is 0.672. The molecule has 3 rings (SSSR count). The number of rotatable bonds is 4. The summed E-state index contributed by atoms with van der Waals surface area (Å²) < 4.78 is 6.67. The Bertz CT molecular complexity index is 687. The van der Waals surface area contributed by atoms with Crippen molar-refractivity contribution in [3.05, 3.63) is 88.3 Å². The molecule has 1 unspecified atom stereocenters. The highest BCUT2D eigenvalue weighted by molar-refractivity contribution is 9.10. The van der Waals surface area contributed by atoms with Gasteiger partial charge in [0.1, 0.15) is 11.8 Å². The van der Waals surface area contributed by atoms with Crippen LogP contribution in [0.3, 0.4) is 0 Å². The van der Waals surface area contributed by atoms with Crippen molar-refractivity contribution >= 4 is 21.6 Å². The molecule has 1 N–H and O–H groups in total. The minimum absolute atomic E-state index is 0.00472. The maximum absolute atomic E-state index is 5.61. The Morgan fingerprint density at radius 1 is 1.00 bits per heavy atom. The Morgan fingerprint density at radius 3 is 2.48 bits per heavy atom. The predicted molar refractivity (Wildman–Crippen MR) is 89.5 cm³/mol. The molecule has 0 radical (unpaired) electrons. The molecule has 3 aromatic rings. The van der Waals surface area contributed by atoms with E-state index in [2.05, 4.69) is 58.5 Å². The van der Waals surface area contributed by atoms with E-state index in [9.17, 15) is 0 Å². The van der Waals surface area contributed by atoms with Gasteiger partial charge < -0.3 is 9.73 Å². The smallest absolute Gasteiger partial charge is 0.130 e. The van der Waals surface area contributed by atoms with Gasteiger partial charge in [-0.3, -0.25) is 0 Å². The Kier molecular flexibility index (Phi) is 4.11. The summed E-state index contributed by atoms with van der Waals surface area (Å²) in [5, 5.41) is 3.56. The summed E-state index contributed by atoms with van der Waals surface area (Å²) in [6, 6.07) is 20.5. The first-order valence-electron chi connectivity index (χ1n) is 6.84. The molecular formula is C18H16BrNO. The van der Waals surface area contributed by atoms with Crippen LogP contribution in [0.25, 0.3) is 0 Å². The molecular weight excluding hydrogens is 326 g/mol. The van der Waals surface area contributed by atoms with E-state index in [1.165, 1.54) is 11.1 Å². The lowest BCUT2D eigenvalue weighted by Gasteiger charge is -2.19. The van der Waals surface area contributed by atoms with Crippen LogP contribution in [0.1, 0.15) is 22.9 Å². The van der Waals surface area contributed by atoms with Crippen molar-refractivity contribution in [2.75, 3.05) is 5.32 Å². The van der Waals surface area contributed by atoms with Crippen molar-refractivity contribution in [2.24, 2.45) is 0 Å². The van der Waals surface area contributed by atoms with E-state index in [-0.39, 0.29) is 6.04 Å². The Morgan fingerprint density at radius 2 is 1.81 bits per heavy atom. The zero-order valence-corrected chi connectivity index (χ0v) is 13.3. The standard InChI is InChI=1S/C18H16BrNO/c1-13-10-15(19)12-16(11-13)20-18(17-8-5-9-21-17)14-6-3-2-4-7-14/h2-12,18,20H,1H3. The summed E-state index contributed by atoms with van der Waals surface area (Å²) in [6.07, 6.45) is 1.71. The van der Waals surface area contributed by atoms with E-state index in [1.807, 2.05) is 30.3 Å². The lowest BCUT2D eigenvalue weighted by molar-refractivity contribution is 0.499. The molecule has 0 spiro atoms. The van der Waals surface area contributed by atoms with Gasteiger partial charge in [0.2, 0.25) is 0 Å². The van der Waals surface area contributed by atoms with Crippen LogP contribution in [-0.4, -0.2) is 0 Å². The van der Waals surface area contributed by atoms with Crippen molar-refractivity contribution in [1.29, 1.82) is 0 Å². The fourth-order valence-electron chi connectivity index (χ4n) is 2.41. The molecule has 1 aromatic heterocycles. The minimum atomic E-state index is -0.00472. The monoisotopic (exact) mass is 341 g/mol. The van der Waals surface area contributed by atoms with Crippen molar-refractivity contribution in [2.45, 2.75) is 13.0 Å². The molecule has 0 fully saturated rings. The third-order valence-electron chi connectivity index (χ3n) is 3.31. The van der Waals surface area contributed by atoms with Gasteiger partial charge in [-0.1, -0.05) is 46.3 Å². The van der Waals surface area contributed by atoms with E-state index >= 15 is 0 Å². The number of halogens is 1. The number of aryl methyl sites for hydroxylation is 1. The lowest BCUT2D eigenvalue weighted by atomic mass is 10.0. The number of nitrogens with one attached hydrogen (secondary N) is 1. The fourth-order valence-corrected chi connectivity index (χ4v) is 3.01. The number of benzene rings is 2. The zero-order valence-electron chi connectivity index (χ0n) is 11.7. The molecule has 2 aromatic carbocycles. The van der Waals surface area contributed by atoms with E-state index in [0.717, 1.165) is 15.9 Å². The number of furan rings is 1. The highest BCUT2D eigenvalue weighted by atomic mass is 79.9. The summed E-state index contributed by atoms with van der Waals surface area (Å²) in [5.41, 5.74) is 3.44. The van der Waals surface area contributed by atoms with Crippen LogP contribution in [0.5, 0.6) is 0 Å². The lowest BCUT2D eigenvalue weighted by Crippen LogP contribution is -2.11. The van der Waals surface area contributed by atoms with Crippen molar-refractivity contribution in [3.63, 3.8) is 0 Å². The van der Waals surface area contributed by atoms with Crippen molar-refractivity contribution < 1.29 is 4.42 Å². The highest BCUT2D eigenvalue weighted by Crippen LogP contribution is 2.28. The Hall–Kier alpha value is -2.00. The van der Waals surface area contributed by atoms with Crippen LogP contribution in [0.2, 0.25) is 0 Å². The van der Waals surface area contributed by atoms with Gasteiger partial charge in [0.05, 0.1) is 6.26 Å². The first kappa shape index (κ1) is 14.0. The predicted octanol–water partition coefficient (Wildman–Crippen LogP) is 5.55. The molecule has 1 atom stereocenters. The van der Waals surface area contributed by atoms with Gasteiger partial charge in [0.15, 0.2) is 0 Å². The molecule has 0 amide bonds. The molecule has 0 saturated heterocycles. The van der Waals surface area contributed by atoms with Gasteiger partial charge in [-0.2, -0.15) is 0 Å². The molecule has 3 heteroatoms. The molecule has 0 saturated carbocycles. The van der Waals surface area contributed by atoms with Crippen LogP contribution in [0.15, 0.2) is 75.8 Å². The van der Waals surface area contributed by atoms with Gasteiger partial charge in [-0.15, -0.1) is 0 Å². The van der Waals surface area contributed by atoms with E-state index < -0.39 is 0 Å². The van der Waals surface area contributed by atoms with Crippen LogP contribution in [0.4, 0.5) is 5.69 Å².